The Morgan fingerprint density at radius 3 is 2.78 bits per heavy atom. The molecule has 1 atom stereocenters. The molecular formula is C10H13NO7. The maximum Gasteiger partial charge on any atom is 0.508 e. The first kappa shape index (κ1) is 13.8. The van der Waals surface area contributed by atoms with Crippen LogP contribution in [0.3, 0.4) is 0 Å². The Balaban J connectivity index is 2.02. The molecule has 18 heavy (non-hydrogen) atoms. The maximum atomic E-state index is 11.1. The van der Waals surface area contributed by atoms with Crippen LogP contribution in [-0.4, -0.2) is 50.7 Å². The van der Waals surface area contributed by atoms with Crippen LogP contribution in [0.5, 0.6) is 0 Å². The number of alkyl carbamates (subject to hydrolysis) is 1. The lowest BCUT2D eigenvalue weighted by molar-refractivity contribution is -0.138. The van der Waals surface area contributed by atoms with Crippen LogP contribution < -0.4 is 5.32 Å². The van der Waals surface area contributed by atoms with E-state index in [-0.39, 0.29) is 26.4 Å². The Labute approximate surface area is 103 Å². The lowest BCUT2D eigenvalue weighted by Gasteiger charge is -2.09. The van der Waals surface area contributed by atoms with Gasteiger partial charge in [-0.25, -0.2) is 14.4 Å². The quantitative estimate of drug-likeness (QED) is 0.309. The Morgan fingerprint density at radius 1 is 1.44 bits per heavy atom. The number of nitrogens with one attached hydrogen (secondary N) is 1. The molecule has 8 heteroatoms. The van der Waals surface area contributed by atoms with Crippen LogP contribution in [0.15, 0.2) is 12.7 Å². The summed E-state index contributed by atoms with van der Waals surface area (Å²) in [6, 6.07) is 0. The summed E-state index contributed by atoms with van der Waals surface area (Å²) in [5, 5.41) is 2.37. The topological polar surface area (TPSA) is 100 Å². The van der Waals surface area contributed by atoms with Crippen molar-refractivity contribution in [1.29, 1.82) is 0 Å². The van der Waals surface area contributed by atoms with E-state index in [0.29, 0.717) is 0 Å². The largest absolute Gasteiger partial charge is 0.508 e. The van der Waals surface area contributed by atoms with E-state index >= 15 is 0 Å². The molecule has 1 heterocycles. The van der Waals surface area contributed by atoms with E-state index in [1.807, 2.05) is 0 Å². The third kappa shape index (κ3) is 5.19. The molecule has 0 bridgehead atoms. The molecule has 0 radical (unpaired) electrons. The average molecular weight is 259 g/mol. The van der Waals surface area contributed by atoms with Gasteiger partial charge in [-0.1, -0.05) is 6.58 Å². The lowest BCUT2D eigenvalue weighted by Crippen LogP contribution is -2.34. The third-order valence-electron chi connectivity index (χ3n) is 1.85. The van der Waals surface area contributed by atoms with Crippen LogP contribution in [0.2, 0.25) is 0 Å². The SMILES string of the molecule is C=CC(=O)OCCOC(=O)NCC1COC(=O)O1. The van der Waals surface area contributed by atoms with E-state index in [1.54, 1.807) is 0 Å². The Morgan fingerprint density at radius 2 is 2.17 bits per heavy atom. The fourth-order valence-electron chi connectivity index (χ4n) is 1.05. The molecule has 0 aliphatic carbocycles. The minimum Gasteiger partial charge on any atom is -0.459 e. The summed E-state index contributed by atoms with van der Waals surface area (Å²) in [6.07, 6.45) is -0.961. The molecule has 1 N–H and O–H groups in total. The number of hydrogen-bond donors (Lipinski definition) is 1. The van der Waals surface area contributed by atoms with Gasteiger partial charge in [0.2, 0.25) is 0 Å². The van der Waals surface area contributed by atoms with Crippen LogP contribution in [0.4, 0.5) is 9.59 Å². The summed E-state index contributed by atoms with van der Waals surface area (Å²) in [7, 11) is 0. The zero-order valence-corrected chi connectivity index (χ0v) is 9.55. The van der Waals surface area contributed by atoms with Crippen LogP contribution in [0.1, 0.15) is 0 Å². The molecular weight excluding hydrogens is 246 g/mol. The van der Waals surface area contributed by atoms with Crippen molar-refractivity contribution in [1.82, 2.24) is 5.32 Å². The predicted octanol–water partition coefficient (Wildman–Crippen LogP) is -0.0228. The van der Waals surface area contributed by atoms with E-state index < -0.39 is 24.3 Å². The molecule has 0 aromatic rings. The number of cyclic esters (lactones) is 2. The Hall–Kier alpha value is -2.25. The number of carbonyl (C=O) groups excluding carboxylic acids is 3. The van der Waals surface area contributed by atoms with Gasteiger partial charge in [-0.15, -0.1) is 0 Å². The van der Waals surface area contributed by atoms with E-state index in [9.17, 15) is 14.4 Å². The number of ether oxygens (including phenoxy) is 4. The molecule has 0 spiro atoms. The van der Waals surface area contributed by atoms with E-state index in [0.717, 1.165) is 6.08 Å². The van der Waals surface area contributed by atoms with Crippen LogP contribution >= 0.6 is 0 Å². The summed E-state index contributed by atoms with van der Waals surface area (Å²) >= 11 is 0. The highest BCUT2D eigenvalue weighted by molar-refractivity contribution is 5.81. The zero-order chi connectivity index (χ0) is 13.4. The standard InChI is InChI=1S/C10H13NO7/c1-2-8(12)15-3-4-16-9(13)11-5-7-6-17-10(14)18-7/h2,7H,1,3-6H2,(H,11,13). The van der Waals surface area contributed by atoms with Crippen molar-refractivity contribution in [2.24, 2.45) is 0 Å². The number of hydrogen-bond acceptors (Lipinski definition) is 7. The van der Waals surface area contributed by atoms with Crippen molar-refractivity contribution in [3.05, 3.63) is 12.7 Å². The van der Waals surface area contributed by atoms with E-state index in [4.69, 9.17) is 0 Å². The summed E-state index contributed by atoms with van der Waals surface area (Å²) in [4.78, 5) is 32.3. The average Bonchev–Trinajstić information content (AvgIpc) is 2.77. The minimum absolute atomic E-state index is 0.0558. The first-order chi connectivity index (χ1) is 8.61. The molecule has 1 fully saturated rings. The summed E-state index contributed by atoms with van der Waals surface area (Å²) in [5.41, 5.74) is 0. The maximum absolute atomic E-state index is 11.1. The zero-order valence-electron chi connectivity index (χ0n) is 9.55. The molecule has 1 rings (SSSR count). The first-order valence-electron chi connectivity index (χ1n) is 5.15. The third-order valence-corrected chi connectivity index (χ3v) is 1.85. The highest BCUT2D eigenvalue weighted by atomic mass is 16.8. The van der Waals surface area contributed by atoms with Gasteiger partial charge in [0.15, 0.2) is 6.10 Å². The Bertz CT molecular complexity index is 341. The van der Waals surface area contributed by atoms with Crippen molar-refractivity contribution < 1.29 is 33.3 Å². The van der Waals surface area contributed by atoms with Gasteiger partial charge in [0, 0.05) is 6.08 Å². The summed E-state index contributed by atoms with van der Waals surface area (Å²) in [5.74, 6) is -0.589. The molecule has 1 amide bonds. The van der Waals surface area contributed by atoms with Gasteiger partial charge in [0.25, 0.3) is 0 Å². The van der Waals surface area contributed by atoms with Crippen molar-refractivity contribution in [2.75, 3.05) is 26.4 Å². The second kappa shape index (κ2) is 7.15. The van der Waals surface area contributed by atoms with Gasteiger partial charge in [-0.2, -0.15) is 0 Å². The Kier molecular flexibility index (Phi) is 5.49. The highest BCUT2D eigenvalue weighted by Crippen LogP contribution is 2.04. The van der Waals surface area contributed by atoms with Crippen LogP contribution in [0.25, 0.3) is 0 Å². The molecule has 1 aliphatic heterocycles. The van der Waals surface area contributed by atoms with Crippen molar-refractivity contribution in [3.63, 3.8) is 0 Å². The number of carbonyl (C=O) groups is 3. The van der Waals surface area contributed by atoms with Crippen molar-refractivity contribution in [2.45, 2.75) is 6.10 Å². The number of amides is 1. The molecule has 0 aromatic heterocycles. The van der Waals surface area contributed by atoms with Crippen molar-refractivity contribution in [3.8, 4) is 0 Å². The lowest BCUT2D eigenvalue weighted by atomic mass is 10.4. The molecule has 1 aliphatic rings. The van der Waals surface area contributed by atoms with Crippen molar-refractivity contribution >= 4 is 18.2 Å². The van der Waals surface area contributed by atoms with Gasteiger partial charge < -0.3 is 24.3 Å². The fraction of sp³-hybridized carbons (Fsp3) is 0.500. The first-order valence-corrected chi connectivity index (χ1v) is 5.15. The van der Waals surface area contributed by atoms with Gasteiger partial charge in [-0.3, -0.25) is 0 Å². The van der Waals surface area contributed by atoms with Gasteiger partial charge in [0.05, 0.1) is 6.54 Å². The summed E-state index contributed by atoms with van der Waals surface area (Å²) < 4.78 is 18.4. The number of esters is 1. The second-order valence-corrected chi connectivity index (χ2v) is 3.19. The highest BCUT2D eigenvalue weighted by Gasteiger charge is 2.25. The smallest absolute Gasteiger partial charge is 0.459 e. The van der Waals surface area contributed by atoms with Gasteiger partial charge >= 0.3 is 18.2 Å². The predicted molar refractivity (Wildman–Crippen MR) is 56.7 cm³/mol. The monoisotopic (exact) mass is 259 g/mol. The molecule has 1 saturated heterocycles. The fourth-order valence-corrected chi connectivity index (χ4v) is 1.05. The normalized spacial score (nSPS) is 17.3. The molecule has 0 saturated carbocycles. The van der Waals surface area contributed by atoms with Crippen LogP contribution in [-0.2, 0) is 23.7 Å². The summed E-state index contributed by atoms with van der Waals surface area (Å²) in [6.45, 7) is 3.26. The molecule has 100 valence electrons. The number of rotatable bonds is 6. The van der Waals surface area contributed by atoms with E-state index in [2.05, 4.69) is 30.8 Å². The van der Waals surface area contributed by atoms with Gasteiger partial charge in [-0.05, 0) is 0 Å². The van der Waals surface area contributed by atoms with Crippen LogP contribution in [0, 0.1) is 0 Å². The van der Waals surface area contributed by atoms with Gasteiger partial charge in [0.1, 0.15) is 19.8 Å². The van der Waals surface area contributed by atoms with E-state index in [1.165, 1.54) is 0 Å². The molecule has 1 unspecified atom stereocenters. The second-order valence-electron chi connectivity index (χ2n) is 3.19. The minimum atomic E-state index is -0.758. The molecule has 8 nitrogen and oxygen atoms in total. The molecule has 0 aromatic carbocycles.